The lowest BCUT2D eigenvalue weighted by atomic mass is 9.74. The first-order chi connectivity index (χ1) is 15.2. The van der Waals surface area contributed by atoms with Gasteiger partial charge in [0.2, 0.25) is 0 Å². The first kappa shape index (κ1) is 26.2. The number of hydrogen-bond acceptors (Lipinski definition) is 0. The monoisotopic (exact) mass is 424 g/mol. The molecule has 0 saturated heterocycles. The molecule has 0 radical (unpaired) electrons. The number of rotatable bonds is 4. The van der Waals surface area contributed by atoms with Crippen LogP contribution in [0.15, 0.2) is 35.9 Å². The Balaban J connectivity index is 0.000000807. The molecule has 0 bridgehead atoms. The highest BCUT2D eigenvalue weighted by molar-refractivity contribution is 5.30. The molecule has 0 heteroatoms. The van der Waals surface area contributed by atoms with E-state index in [4.69, 9.17) is 0 Å². The van der Waals surface area contributed by atoms with E-state index < -0.39 is 0 Å². The molecule has 3 aliphatic carbocycles. The SMILES string of the molecule is CC.CC.CCC1CCC(c2ccc(C3CC=C(C4CCC(C)CC4)CC3)cc2)CC1. The molecule has 0 nitrogen and oxygen atoms in total. The minimum Gasteiger partial charge on any atom is -0.0844 e. The van der Waals surface area contributed by atoms with Crippen molar-refractivity contribution in [2.75, 3.05) is 0 Å². The Kier molecular flexibility index (Phi) is 12.0. The Hall–Kier alpha value is -1.04. The van der Waals surface area contributed by atoms with Gasteiger partial charge in [0.05, 0.1) is 0 Å². The van der Waals surface area contributed by atoms with Crippen molar-refractivity contribution < 1.29 is 0 Å². The second kappa shape index (κ2) is 14.2. The van der Waals surface area contributed by atoms with Gasteiger partial charge < -0.3 is 0 Å². The van der Waals surface area contributed by atoms with Crippen molar-refractivity contribution in [1.82, 2.24) is 0 Å². The Bertz CT molecular complexity index is 606. The van der Waals surface area contributed by atoms with Gasteiger partial charge in [-0.05, 0) is 98.5 Å². The lowest BCUT2D eigenvalue weighted by Crippen LogP contribution is -2.17. The predicted molar refractivity (Wildman–Crippen MR) is 140 cm³/mol. The maximum atomic E-state index is 2.63. The Morgan fingerprint density at radius 1 is 0.645 bits per heavy atom. The van der Waals surface area contributed by atoms with E-state index in [-0.39, 0.29) is 0 Å². The lowest BCUT2D eigenvalue weighted by Gasteiger charge is -2.32. The normalized spacial score (nSPS) is 30.8. The van der Waals surface area contributed by atoms with Crippen LogP contribution >= 0.6 is 0 Å². The molecule has 1 atom stereocenters. The van der Waals surface area contributed by atoms with Crippen LogP contribution in [0, 0.1) is 17.8 Å². The van der Waals surface area contributed by atoms with Gasteiger partial charge in [-0.3, -0.25) is 0 Å². The third kappa shape index (κ3) is 7.50. The fraction of sp³-hybridized carbons (Fsp3) is 0.742. The topological polar surface area (TPSA) is 0 Å². The Labute approximate surface area is 195 Å². The zero-order chi connectivity index (χ0) is 22.6. The Morgan fingerprint density at radius 3 is 1.65 bits per heavy atom. The van der Waals surface area contributed by atoms with Crippen molar-refractivity contribution in [2.24, 2.45) is 17.8 Å². The van der Waals surface area contributed by atoms with Crippen LogP contribution in [0.5, 0.6) is 0 Å². The molecule has 1 unspecified atom stereocenters. The molecule has 31 heavy (non-hydrogen) atoms. The van der Waals surface area contributed by atoms with Crippen molar-refractivity contribution in [3.05, 3.63) is 47.0 Å². The van der Waals surface area contributed by atoms with Crippen molar-refractivity contribution in [3.63, 3.8) is 0 Å². The first-order valence-corrected chi connectivity index (χ1v) is 14.0. The van der Waals surface area contributed by atoms with E-state index in [0.29, 0.717) is 0 Å². The van der Waals surface area contributed by atoms with Crippen molar-refractivity contribution in [1.29, 1.82) is 0 Å². The van der Waals surface area contributed by atoms with Crippen molar-refractivity contribution in [2.45, 2.75) is 130 Å². The van der Waals surface area contributed by atoms with Gasteiger partial charge in [-0.1, -0.05) is 96.7 Å². The summed E-state index contributed by atoms with van der Waals surface area (Å²) in [5.41, 5.74) is 5.01. The van der Waals surface area contributed by atoms with E-state index in [2.05, 4.69) is 44.2 Å². The van der Waals surface area contributed by atoms with Gasteiger partial charge in [-0.2, -0.15) is 0 Å². The van der Waals surface area contributed by atoms with Gasteiger partial charge in [-0.15, -0.1) is 0 Å². The van der Waals surface area contributed by atoms with Gasteiger partial charge in [0.15, 0.2) is 0 Å². The highest BCUT2D eigenvalue weighted by atomic mass is 14.3. The van der Waals surface area contributed by atoms with Crippen LogP contribution in [0.25, 0.3) is 0 Å². The maximum Gasteiger partial charge on any atom is -0.0124 e. The zero-order valence-electron chi connectivity index (χ0n) is 21.8. The molecule has 2 saturated carbocycles. The van der Waals surface area contributed by atoms with Crippen molar-refractivity contribution >= 4 is 0 Å². The summed E-state index contributed by atoms with van der Waals surface area (Å²) < 4.78 is 0. The summed E-state index contributed by atoms with van der Waals surface area (Å²) in [6.07, 6.45) is 19.5. The largest absolute Gasteiger partial charge is 0.0844 e. The minimum atomic E-state index is 0.765. The molecule has 4 rings (SSSR count). The van der Waals surface area contributed by atoms with E-state index in [1.54, 1.807) is 11.1 Å². The number of benzene rings is 1. The predicted octanol–water partition coefficient (Wildman–Crippen LogP) is 10.4. The average Bonchev–Trinajstić information content (AvgIpc) is 2.87. The molecule has 3 aliphatic rings. The van der Waals surface area contributed by atoms with Crippen LogP contribution < -0.4 is 0 Å². The maximum absolute atomic E-state index is 2.63. The van der Waals surface area contributed by atoms with E-state index in [9.17, 15) is 0 Å². The quantitative estimate of drug-likeness (QED) is 0.421. The van der Waals surface area contributed by atoms with Crippen LogP contribution in [-0.4, -0.2) is 0 Å². The molecule has 0 spiro atoms. The van der Waals surface area contributed by atoms with E-state index >= 15 is 0 Å². The van der Waals surface area contributed by atoms with Gasteiger partial charge in [-0.25, -0.2) is 0 Å². The third-order valence-corrected chi connectivity index (χ3v) is 8.29. The molecule has 1 aromatic carbocycles. The minimum absolute atomic E-state index is 0.765. The lowest BCUT2D eigenvalue weighted by molar-refractivity contribution is 0.310. The van der Waals surface area contributed by atoms with E-state index in [1.165, 1.54) is 77.0 Å². The summed E-state index contributed by atoms with van der Waals surface area (Å²) in [6, 6.07) is 9.86. The zero-order valence-corrected chi connectivity index (χ0v) is 21.8. The van der Waals surface area contributed by atoms with Crippen LogP contribution in [0.2, 0.25) is 0 Å². The van der Waals surface area contributed by atoms with Crippen LogP contribution in [0.1, 0.15) is 142 Å². The van der Waals surface area contributed by atoms with Gasteiger partial charge in [0.25, 0.3) is 0 Å². The van der Waals surface area contributed by atoms with Gasteiger partial charge in [0, 0.05) is 0 Å². The smallest absolute Gasteiger partial charge is 0.0124 e. The van der Waals surface area contributed by atoms with Gasteiger partial charge >= 0.3 is 0 Å². The summed E-state index contributed by atoms with van der Waals surface area (Å²) in [5, 5.41) is 0. The molecular formula is C31H52. The molecular weight excluding hydrogens is 372 g/mol. The fourth-order valence-electron chi connectivity index (χ4n) is 6.10. The summed E-state index contributed by atoms with van der Waals surface area (Å²) in [4.78, 5) is 0. The molecule has 176 valence electrons. The van der Waals surface area contributed by atoms with Gasteiger partial charge in [0.1, 0.15) is 0 Å². The number of allylic oxidation sites excluding steroid dienone is 2. The van der Waals surface area contributed by atoms with Crippen LogP contribution in [0.4, 0.5) is 0 Å². The summed E-state index contributed by atoms with van der Waals surface area (Å²) >= 11 is 0. The summed E-state index contributed by atoms with van der Waals surface area (Å²) in [7, 11) is 0. The average molecular weight is 425 g/mol. The van der Waals surface area contributed by atoms with E-state index in [1.807, 2.05) is 33.3 Å². The van der Waals surface area contributed by atoms with Crippen LogP contribution in [0.3, 0.4) is 0 Å². The number of hydrogen-bond donors (Lipinski definition) is 0. The third-order valence-electron chi connectivity index (χ3n) is 8.29. The highest BCUT2D eigenvalue weighted by Gasteiger charge is 2.25. The second-order valence-electron chi connectivity index (χ2n) is 10.00. The fourth-order valence-corrected chi connectivity index (χ4v) is 6.10. The van der Waals surface area contributed by atoms with E-state index in [0.717, 1.165) is 29.6 Å². The Morgan fingerprint density at radius 2 is 1.16 bits per heavy atom. The molecule has 0 N–H and O–H groups in total. The molecule has 0 aromatic heterocycles. The van der Waals surface area contributed by atoms with Crippen molar-refractivity contribution in [3.8, 4) is 0 Å². The first-order valence-electron chi connectivity index (χ1n) is 14.0. The van der Waals surface area contributed by atoms with Crippen LogP contribution in [-0.2, 0) is 0 Å². The standard InChI is InChI=1S/C27H40.2C2H6/c1-3-21-6-10-23(11-7-21)25-14-18-27(19-15-25)26-16-12-24(13-17-26)22-8-4-20(2)5-9-22;2*1-2/h12,14-15,18-23,26H,3-11,13,16-17H2,1-2H3;2*1-2H3. The summed E-state index contributed by atoms with van der Waals surface area (Å²) in [5.74, 6) is 4.47. The second-order valence-corrected chi connectivity index (χ2v) is 10.00. The molecule has 2 fully saturated rings. The molecule has 1 aromatic rings. The highest BCUT2D eigenvalue weighted by Crippen LogP contribution is 2.41. The molecule has 0 heterocycles. The molecule has 0 amide bonds. The summed E-state index contributed by atoms with van der Waals surface area (Å²) in [6.45, 7) is 12.8. The molecule has 0 aliphatic heterocycles.